The fourth-order valence-electron chi connectivity index (χ4n) is 4.67. The number of rotatable bonds is 1. The van der Waals surface area contributed by atoms with Crippen LogP contribution in [0.25, 0.3) is 0 Å². The predicted octanol–water partition coefficient (Wildman–Crippen LogP) is 3.15. The first-order chi connectivity index (χ1) is 6.48. The SMILES string of the molecule is C[C@](O)(Cl)C12CC3CC(CC(C3)C1)C2. The van der Waals surface area contributed by atoms with Gasteiger partial charge in [0, 0.05) is 5.41 Å². The van der Waals surface area contributed by atoms with Crippen LogP contribution in [0.15, 0.2) is 0 Å². The molecule has 2 heteroatoms. The van der Waals surface area contributed by atoms with Gasteiger partial charge in [0.2, 0.25) is 0 Å². The summed E-state index contributed by atoms with van der Waals surface area (Å²) in [5.74, 6) is 2.60. The fraction of sp³-hybridized carbons (Fsp3) is 1.00. The topological polar surface area (TPSA) is 20.2 Å². The van der Waals surface area contributed by atoms with Gasteiger partial charge < -0.3 is 5.11 Å². The van der Waals surface area contributed by atoms with Gasteiger partial charge in [-0.1, -0.05) is 11.6 Å². The molecule has 4 saturated carbocycles. The van der Waals surface area contributed by atoms with E-state index in [4.69, 9.17) is 11.6 Å². The molecule has 4 aliphatic rings. The summed E-state index contributed by atoms with van der Waals surface area (Å²) in [4.78, 5) is 0. The van der Waals surface area contributed by atoms with E-state index < -0.39 is 5.06 Å². The summed E-state index contributed by atoms with van der Waals surface area (Å²) >= 11 is 6.21. The van der Waals surface area contributed by atoms with Crippen molar-refractivity contribution in [2.75, 3.05) is 0 Å². The van der Waals surface area contributed by atoms with Crippen molar-refractivity contribution in [2.45, 2.75) is 50.5 Å². The van der Waals surface area contributed by atoms with Gasteiger partial charge in [-0.2, -0.15) is 0 Å². The zero-order valence-electron chi connectivity index (χ0n) is 8.80. The van der Waals surface area contributed by atoms with E-state index in [1.54, 1.807) is 0 Å². The first-order valence-corrected chi connectivity index (χ1v) is 6.28. The van der Waals surface area contributed by atoms with E-state index in [9.17, 15) is 5.11 Å². The van der Waals surface area contributed by atoms with Gasteiger partial charge in [0.05, 0.1) is 0 Å². The van der Waals surface area contributed by atoms with Crippen molar-refractivity contribution in [3.63, 3.8) is 0 Å². The third-order valence-electron chi connectivity index (χ3n) is 5.01. The van der Waals surface area contributed by atoms with Crippen LogP contribution in [0.4, 0.5) is 0 Å². The normalized spacial score (nSPS) is 54.6. The van der Waals surface area contributed by atoms with E-state index in [1.165, 1.54) is 38.5 Å². The van der Waals surface area contributed by atoms with Crippen molar-refractivity contribution in [1.82, 2.24) is 0 Å². The molecule has 0 heterocycles. The van der Waals surface area contributed by atoms with Crippen LogP contribution in [-0.2, 0) is 0 Å². The lowest BCUT2D eigenvalue weighted by atomic mass is 9.48. The molecule has 1 nitrogen and oxygen atoms in total. The third kappa shape index (κ3) is 1.18. The van der Waals surface area contributed by atoms with Gasteiger partial charge in [-0.3, -0.25) is 0 Å². The van der Waals surface area contributed by atoms with Crippen LogP contribution in [-0.4, -0.2) is 10.2 Å². The molecule has 4 aliphatic carbocycles. The highest BCUT2D eigenvalue weighted by Gasteiger charge is 2.57. The highest BCUT2D eigenvalue weighted by molar-refractivity contribution is 6.23. The summed E-state index contributed by atoms with van der Waals surface area (Å²) in [6.07, 6.45) is 7.76. The molecule has 4 rings (SSSR count). The van der Waals surface area contributed by atoms with Crippen molar-refractivity contribution in [1.29, 1.82) is 0 Å². The smallest absolute Gasteiger partial charge is 0.141 e. The molecule has 1 N–H and O–H groups in total. The van der Waals surface area contributed by atoms with E-state index in [0.717, 1.165) is 17.8 Å². The fourth-order valence-corrected chi connectivity index (χ4v) is 4.90. The maximum atomic E-state index is 10.1. The molecule has 0 radical (unpaired) electrons. The molecule has 4 bridgehead atoms. The van der Waals surface area contributed by atoms with E-state index in [2.05, 4.69) is 0 Å². The number of hydrogen-bond donors (Lipinski definition) is 1. The summed E-state index contributed by atoms with van der Waals surface area (Å²) in [6.45, 7) is 1.81. The second-order valence-corrected chi connectivity index (χ2v) is 6.89. The zero-order valence-corrected chi connectivity index (χ0v) is 9.56. The Kier molecular flexibility index (Phi) is 1.81. The minimum absolute atomic E-state index is 0.0588. The van der Waals surface area contributed by atoms with Gasteiger partial charge in [0.15, 0.2) is 0 Å². The highest BCUT2D eigenvalue weighted by atomic mass is 35.5. The monoisotopic (exact) mass is 214 g/mol. The number of alkyl halides is 1. The van der Waals surface area contributed by atoms with E-state index in [1.807, 2.05) is 6.92 Å². The molecule has 1 atom stereocenters. The lowest BCUT2D eigenvalue weighted by Gasteiger charge is -2.60. The number of aliphatic hydroxyl groups is 1. The third-order valence-corrected chi connectivity index (χ3v) is 5.41. The lowest BCUT2D eigenvalue weighted by Crippen LogP contribution is -2.54. The Morgan fingerprint density at radius 2 is 1.43 bits per heavy atom. The minimum Gasteiger partial charge on any atom is -0.375 e. The van der Waals surface area contributed by atoms with Crippen LogP contribution < -0.4 is 0 Å². The van der Waals surface area contributed by atoms with Crippen LogP contribution >= 0.6 is 11.6 Å². The van der Waals surface area contributed by atoms with E-state index in [0.29, 0.717) is 0 Å². The van der Waals surface area contributed by atoms with Crippen LogP contribution in [0.5, 0.6) is 0 Å². The van der Waals surface area contributed by atoms with E-state index in [-0.39, 0.29) is 5.41 Å². The molecule has 0 saturated heterocycles. The Bertz CT molecular complexity index is 218. The Labute approximate surface area is 90.8 Å². The predicted molar refractivity (Wildman–Crippen MR) is 57.1 cm³/mol. The van der Waals surface area contributed by atoms with Crippen molar-refractivity contribution in [3.8, 4) is 0 Å². The number of halogens is 1. The molecule has 0 amide bonds. The first-order valence-electron chi connectivity index (χ1n) is 5.90. The van der Waals surface area contributed by atoms with Crippen LogP contribution in [0.2, 0.25) is 0 Å². The second-order valence-electron chi connectivity index (χ2n) is 6.15. The zero-order chi connectivity index (χ0) is 9.97. The quantitative estimate of drug-likeness (QED) is 0.665. The molecule has 80 valence electrons. The molecule has 4 fully saturated rings. The molecule has 0 spiro atoms. The maximum absolute atomic E-state index is 10.1. The van der Waals surface area contributed by atoms with Gasteiger partial charge >= 0.3 is 0 Å². The first kappa shape index (κ1) is 9.47. The molecule has 0 aromatic heterocycles. The lowest BCUT2D eigenvalue weighted by molar-refractivity contribution is -0.132. The standard InChI is InChI=1S/C12H19ClO/c1-11(13,14)12-5-8-2-9(6-12)4-10(3-8)7-12/h8-10,14H,2-7H2,1H3/t8?,9?,10?,11-,12?/m1/s1. The molecule has 0 unspecified atom stereocenters. The van der Waals surface area contributed by atoms with Crippen LogP contribution in [0.1, 0.15) is 45.4 Å². The summed E-state index contributed by atoms with van der Waals surface area (Å²) < 4.78 is 0. The summed E-state index contributed by atoms with van der Waals surface area (Å²) in [5, 5.41) is 9.18. The molecular formula is C12H19ClO. The average molecular weight is 215 g/mol. The summed E-state index contributed by atoms with van der Waals surface area (Å²) in [7, 11) is 0. The van der Waals surface area contributed by atoms with Gasteiger partial charge in [-0.15, -0.1) is 0 Å². The van der Waals surface area contributed by atoms with Crippen molar-refractivity contribution in [2.24, 2.45) is 23.2 Å². The highest BCUT2D eigenvalue weighted by Crippen LogP contribution is 2.64. The van der Waals surface area contributed by atoms with Gasteiger partial charge in [0.25, 0.3) is 0 Å². The molecule has 14 heavy (non-hydrogen) atoms. The summed E-state index contributed by atoms with van der Waals surface area (Å²) in [6, 6.07) is 0. The molecular weight excluding hydrogens is 196 g/mol. The average Bonchev–Trinajstić information content (AvgIpc) is 1.98. The van der Waals surface area contributed by atoms with Gasteiger partial charge in [-0.25, -0.2) is 0 Å². The Morgan fingerprint density at radius 1 is 1.07 bits per heavy atom. The molecule has 0 aromatic carbocycles. The van der Waals surface area contributed by atoms with Gasteiger partial charge in [0.1, 0.15) is 5.06 Å². The molecule has 0 aromatic rings. The molecule has 0 aliphatic heterocycles. The largest absolute Gasteiger partial charge is 0.375 e. The van der Waals surface area contributed by atoms with Crippen molar-refractivity contribution < 1.29 is 5.11 Å². The van der Waals surface area contributed by atoms with Gasteiger partial charge in [-0.05, 0) is 63.2 Å². The number of hydrogen-bond acceptors (Lipinski definition) is 1. The Hall–Kier alpha value is 0.250. The van der Waals surface area contributed by atoms with Crippen molar-refractivity contribution in [3.05, 3.63) is 0 Å². The van der Waals surface area contributed by atoms with Crippen LogP contribution in [0.3, 0.4) is 0 Å². The van der Waals surface area contributed by atoms with Crippen LogP contribution in [0, 0.1) is 23.2 Å². The van der Waals surface area contributed by atoms with E-state index >= 15 is 0 Å². The Balaban J connectivity index is 1.95. The minimum atomic E-state index is -0.969. The van der Waals surface area contributed by atoms with Crippen molar-refractivity contribution >= 4 is 11.6 Å². The maximum Gasteiger partial charge on any atom is 0.141 e. The Morgan fingerprint density at radius 3 is 1.71 bits per heavy atom. The summed E-state index contributed by atoms with van der Waals surface area (Å²) in [5.41, 5.74) is 0.0588. The second kappa shape index (κ2) is 2.68.